The number of hydrazine groups is 2. The highest BCUT2D eigenvalue weighted by Gasteiger charge is 1.98. The van der Waals surface area contributed by atoms with Crippen LogP contribution in [-0.4, -0.2) is 42.4 Å². The van der Waals surface area contributed by atoms with Crippen LogP contribution in [0.4, 0.5) is 5.69 Å². The fourth-order valence-electron chi connectivity index (χ4n) is 1.98. The first-order valence-electron chi connectivity index (χ1n) is 8.97. The molecule has 0 unspecified atom stereocenters. The summed E-state index contributed by atoms with van der Waals surface area (Å²) in [6.07, 6.45) is 4.57. The first kappa shape index (κ1) is 25.2. The number of hydrogen-bond donors (Lipinski definition) is 3. The van der Waals surface area contributed by atoms with E-state index in [4.69, 9.17) is 10.7 Å². The Kier molecular flexibility index (Phi) is 12.8. The van der Waals surface area contributed by atoms with Crippen LogP contribution in [0, 0.1) is 13.8 Å². The molecule has 1 aromatic heterocycles. The Labute approximate surface area is 168 Å². The maximum Gasteiger partial charge on any atom is 0.224 e. The van der Waals surface area contributed by atoms with Gasteiger partial charge in [-0.2, -0.15) is 5.53 Å². The van der Waals surface area contributed by atoms with Gasteiger partial charge in [-0.25, -0.2) is 0 Å². The smallest absolute Gasteiger partial charge is 0.224 e. The van der Waals surface area contributed by atoms with E-state index in [0.29, 0.717) is 13.0 Å². The van der Waals surface area contributed by atoms with Crippen molar-refractivity contribution in [1.82, 2.24) is 15.1 Å². The third-order valence-corrected chi connectivity index (χ3v) is 3.82. The van der Waals surface area contributed by atoms with Crippen molar-refractivity contribution in [2.45, 2.75) is 27.7 Å². The van der Waals surface area contributed by atoms with Crippen LogP contribution in [0.3, 0.4) is 0 Å². The molecule has 8 heteroatoms. The second-order valence-corrected chi connectivity index (χ2v) is 6.00. The van der Waals surface area contributed by atoms with Gasteiger partial charge < -0.3 is 14.7 Å². The van der Waals surface area contributed by atoms with Crippen LogP contribution in [0.5, 0.6) is 0 Å². The number of hydrogen-bond acceptors (Lipinski definition) is 6. The van der Waals surface area contributed by atoms with Crippen LogP contribution >= 0.6 is 0 Å². The van der Waals surface area contributed by atoms with Gasteiger partial charge in [0.25, 0.3) is 0 Å². The molecule has 0 spiro atoms. The van der Waals surface area contributed by atoms with Crippen molar-refractivity contribution in [2.75, 3.05) is 26.0 Å². The maximum atomic E-state index is 9.52. The van der Waals surface area contributed by atoms with Crippen molar-refractivity contribution in [3.05, 3.63) is 53.3 Å². The summed E-state index contributed by atoms with van der Waals surface area (Å²) in [5.74, 6) is 4.73. The number of nitrogens with one attached hydrogen (secondary N) is 2. The van der Waals surface area contributed by atoms with E-state index in [0.717, 1.165) is 16.3 Å². The number of rotatable bonds is 6. The molecule has 0 atom stereocenters. The number of anilines is 1. The van der Waals surface area contributed by atoms with E-state index in [-0.39, 0.29) is 0 Å². The van der Waals surface area contributed by atoms with Gasteiger partial charge in [-0.15, -0.1) is 0 Å². The number of amides is 1. The zero-order valence-electron chi connectivity index (χ0n) is 18.0. The largest absolute Gasteiger partial charge is 0.396 e. The molecule has 0 aliphatic heterocycles. The van der Waals surface area contributed by atoms with Crippen LogP contribution in [-0.2, 0) is 16.7 Å². The summed E-state index contributed by atoms with van der Waals surface area (Å²) in [7, 11) is 5.44. The number of carbonyl (C=O) groups excluding carboxylic acids is 1. The maximum absolute atomic E-state index is 9.52. The summed E-state index contributed by atoms with van der Waals surface area (Å²) in [4.78, 5) is 14.5. The van der Waals surface area contributed by atoms with Crippen molar-refractivity contribution in [3.63, 3.8) is 0 Å². The zero-order chi connectivity index (χ0) is 21.5. The molecule has 4 N–H and O–H groups in total. The van der Waals surface area contributed by atoms with Crippen LogP contribution < -0.4 is 16.7 Å². The standard InChI is InChI=1S/C9H14N2O.C9H13N.C2H7N3O/c1-4-12-10-8(2)9-5-6-11(3)7-9;1-7-5-4-6-9(10-3)8(7)2;1-5(2-6)4-3/h5-7H,4H2,1-3H3;4-6,10H,1-3H3;2,4H,3H2,1H3. The monoisotopic (exact) mass is 390 g/mol. The number of nitrogens with two attached hydrogens (primary N) is 1. The van der Waals surface area contributed by atoms with Gasteiger partial charge in [-0.1, -0.05) is 17.3 Å². The average Bonchev–Trinajstić information content (AvgIpc) is 3.15. The highest BCUT2D eigenvalue weighted by atomic mass is 16.6. The number of nitrogens with zero attached hydrogens (tertiary/aromatic N) is 3. The minimum absolute atomic E-state index is 0.569. The zero-order valence-corrected chi connectivity index (χ0v) is 18.0. The Balaban J connectivity index is 0.000000414. The average molecular weight is 391 g/mol. The minimum Gasteiger partial charge on any atom is -0.396 e. The molecule has 0 bridgehead atoms. The summed E-state index contributed by atoms with van der Waals surface area (Å²) < 4.78 is 1.99. The minimum atomic E-state index is 0.569. The van der Waals surface area contributed by atoms with Crippen LogP contribution in [0.1, 0.15) is 30.5 Å². The molecule has 0 saturated heterocycles. The lowest BCUT2D eigenvalue weighted by atomic mass is 10.1. The molecule has 28 heavy (non-hydrogen) atoms. The molecule has 0 radical (unpaired) electrons. The van der Waals surface area contributed by atoms with Crippen molar-refractivity contribution >= 4 is 17.8 Å². The second-order valence-electron chi connectivity index (χ2n) is 6.00. The van der Waals surface area contributed by atoms with Gasteiger partial charge in [0, 0.05) is 44.8 Å². The third-order valence-electron chi connectivity index (χ3n) is 3.82. The van der Waals surface area contributed by atoms with Crippen molar-refractivity contribution in [2.24, 2.45) is 18.0 Å². The van der Waals surface area contributed by atoms with Gasteiger partial charge in [0.05, 0.1) is 5.71 Å². The quantitative estimate of drug-likeness (QED) is 0.305. The lowest BCUT2D eigenvalue weighted by Crippen LogP contribution is -2.38. The first-order valence-corrected chi connectivity index (χ1v) is 8.97. The fraction of sp³-hybridized carbons (Fsp3) is 0.400. The van der Waals surface area contributed by atoms with Crippen molar-refractivity contribution in [3.8, 4) is 0 Å². The van der Waals surface area contributed by atoms with E-state index in [9.17, 15) is 4.79 Å². The van der Waals surface area contributed by atoms with Gasteiger partial charge in [0.2, 0.25) is 6.41 Å². The molecule has 1 amide bonds. The number of aryl methyl sites for hydroxylation is 2. The molecule has 2 aromatic rings. The predicted octanol–water partition coefficient (Wildman–Crippen LogP) is 2.58. The van der Waals surface area contributed by atoms with E-state index in [1.165, 1.54) is 23.9 Å². The first-order chi connectivity index (χ1) is 13.3. The highest BCUT2D eigenvalue weighted by molar-refractivity contribution is 5.98. The van der Waals surface area contributed by atoms with Crippen LogP contribution in [0.15, 0.2) is 41.8 Å². The van der Waals surface area contributed by atoms with Crippen LogP contribution in [0.2, 0.25) is 0 Å². The van der Waals surface area contributed by atoms with Gasteiger partial charge in [0.1, 0.15) is 6.61 Å². The number of aromatic nitrogens is 1. The summed E-state index contributed by atoms with van der Waals surface area (Å²) in [5.41, 5.74) is 8.00. The van der Waals surface area contributed by atoms with Gasteiger partial charge >= 0.3 is 0 Å². The lowest BCUT2D eigenvalue weighted by molar-refractivity contribution is -0.119. The second kappa shape index (κ2) is 14.2. The Morgan fingerprint density at radius 1 is 1.36 bits per heavy atom. The van der Waals surface area contributed by atoms with Crippen molar-refractivity contribution in [1.29, 1.82) is 0 Å². The number of oxime groups is 1. The number of benzene rings is 1. The Morgan fingerprint density at radius 2 is 2.04 bits per heavy atom. The Morgan fingerprint density at radius 3 is 2.43 bits per heavy atom. The Hall–Kier alpha value is -2.84. The molecule has 0 aliphatic rings. The Bertz CT molecular complexity index is 727. The van der Waals surface area contributed by atoms with E-state index in [1.54, 1.807) is 0 Å². The summed E-state index contributed by atoms with van der Waals surface area (Å²) in [6.45, 7) is 8.72. The third kappa shape index (κ3) is 9.75. The summed E-state index contributed by atoms with van der Waals surface area (Å²) in [5, 5.41) is 8.16. The topological polar surface area (TPSA) is 96.9 Å². The molecular weight excluding hydrogens is 356 g/mol. The molecule has 0 fully saturated rings. The molecule has 0 saturated carbocycles. The fourth-order valence-corrected chi connectivity index (χ4v) is 1.98. The molecule has 156 valence electrons. The SMILES string of the molecule is CCON=C(C)c1ccn(C)c1.CN(C=O)NN.CNc1cccc(C)c1C. The number of carbonyl (C=O) groups is 1. The molecule has 1 heterocycles. The van der Waals surface area contributed by atoms with Crippen LogP contribution in [0.25, 0.3) is 0 Å². The van der Waals surface area contributed by atoms with E-state index < -0.39 is 0 Å². The van der Waals surface area contributed by atoms with Gasteiger partial charge in [-0.3, -0.25) is 15.6 Å². The van der Waals surface area contributed by atoms with Crippen molar-refractivity contribution < 1.29 is 9.63 Å². The highest BCUT2D eigenvalue weighted by Crippen LogP contribution is 2.16. The molecule has 8 nitrogen and oxygen atoms in total. The molecule has 1 aromatic carbocycles. The van der Waals surface area contributed by atoms with E-state index >= 15 is 0 Å². The van der Waals surface area contributed by atoms with Gasteiger partial charge in [0.15, 0.2) is 0 Å². The molecular formula is C20H34N6O2. The normalized spacial score (nSPS) is 10.1. The summed E-state index contributed by atoms with van der Waals surface area (Å²) >= 11 is 0. The van der Waals surface area contributed by atoms with Gasteiger partial charge in [-0.05, 0) is 51.0 Å². The molecule has 0 aliphatic carbocycles. The lowest BCUT2D eigenvalue weighted by Gasteiger charge is -2.06. The predicted molar refractivity (Wildman–Crippen MR) is 116 cm³/mol. The van der Waals surface area contributed by atoms with E-state index in [2.05, 4.69) is 48.1 Å². The molecule has 2 rings (SSSR count). The summed E-state index contributed by atoms with van der Waals surface area (Å²) in [6, 6.07) is 8.28. The van der Waals surface area contributed by atoms with E-state index in [1.807, 2.05) is 51.0 Å².